The highest BCUT2D eigenvalue weighted by Crippen LogP contribution is 2.28. The number of nitrogens with one attached hydrogen (secondary N) is 1. The average Bonchev–Trinajstić information content (AvgIpc) is 3.13. The van der Waals surface area contributed by atoms with Crippen LogP contribution in [0, 0.1) is 18.6 Å². The summed E-state index contributed by atoms with van der Waals surface area (Å²) in [5, 5.41) is 14.2. The third kappa shape index (κ3) is 4.15. The summed E-state index contributed by atoms with van der Waals surface area (Å²) in [5.41, 5.74) is 0.642. The van der Waals surface area contributed by atoms with Gasteiger partial charge >= 0.3 is 0 Å². The van der Waals surface area contributed by atoms with Crippen LogP contribution in [0.3, 0.4) is 0 Å². The molecule has 0 aliphatic carbocycles. The van der Waals surface area contributed by atoms with Crippen molar-refractivity contribution < 1.29 is 18.1 Å². The second-order valence-corrected chi connectivity index (χ2v) is 6.92. The van der Waals surface area contributed by atoms with E-state index in [1.165, 1.54) is 30.0 Å². The van der Waals surface area contributed by atoms with Gasteiger partial charge in [0.15, 0.2) is 10.0 Å². The second kappa shape index (κ2) is 7.05. The molecule has 10 heteroatoms. The predicted octanol–water partition coefficient (Wildman–Crippen LogP) is 3.66. The topological polar surface area (TPSA) is 80.9 Å². The Bertz CT molecular complexity index is 861. The van der Waals surface area contributed by atoms with E-state index in [1.807, 2.05) is 0 Å². The maximum Gasteiger partial charge on any atom is 0.279 e. The van der Waals surface area contributed by atoms with Crippen molar-refractivity contribution in [2.45, 2.75) is 17.0 Å². The molecule has 0 aliphatic heterocycles. The van der Waals surface area contributed by atoms with Crippen molar-refractivity contribution in [3.8, 4) is 0 Å². The second-order valence-electron chi connectivity index (χ2n) is 4.72. The van der Waals surface area contributed by atoms with Crippen LogP contribution in [0.1, 0.15) is 21.8 Å². The summed E-state index contributed by atoms with van der Waals surface area (Å²) >= 11 is 2.42. The zero-order valence-electron chi connectivity index (χ0n) is 12.2. The quantitative estimate of drug-likeness (QED) is 0.547. The Labute approximate surface area is 143 Å². The van der Waals surface area contributed by atoms with Gasteiger partial charge < -0.3 is 4.52 Å². The molecule has 0 saturated heterocycles. The average molecular weight is 368 g/mol. The number of carbonyl (C=O) groups is 1. The number of benzene rings is 1. The first kappa shape index (κ1) is 16.5. The van der Waals surface area contributed by atoms with Gasteiger partial charge in [-0.3, -0.25) is 10.1 Å². The summed E-state index contributed by atoms with van der Waals surface area (Å²) in [6.45, 7) is 1.68. The van der Waals surface area contributed by atoms with E-state index in [-0.39, 0.29) is 5.69 Å². The van der Waals surface area contributed by atoms with Gasteiger partial charge in [0.25, 0.3) is 5.91 Å². The van der Waals surface area contributed by atoms with Crippen LogP contribution in [-0.4, -0.2) is 21.3 Å². The minimum atomic E-state index is -0.626. The minimum absolute atomic E-state index is 0.145. The van der Waals surface area contributed by atoms with E-state index in [9.17, 15) is 13.6 Å². The smallest absolute Gasteiger partial charge is 0.279 e. The van der Waals surface area contributed by atoms with Gasteiger partial charge in [-0.1, -0.05) is 28.3 Å². The molecule has 0 spiro atoms. The maximum atomic E-state index is 13.1. The van der Waals surface area contributed by atoms with Crippen molar-refractivity contribution >= 4 is 34.1 Å². The number of halogens is 2. The number of anilines is 1. The SMILES string of the molecule is Cc1cc(C(=O)Nc2nnc(SCc3cc(F)cc(F)c3)s2)no1. The third-order valence-electron chi connectivity index (χ3n) is 2.77. The van der Waals surface area contributed by atoms with Crippen molar-refractivity contribution in [1.29, 1.82) is 0 Å². The molecule has 2 aromatic heterocycles. The van der Waals surface area contributed by atoms with Gasteiger partial charge in [-0.25, -0.2) is 8.78 Å². The van der Waals surface area contributed by atoms with Crippen molar-refractivity contribution in [2.24, 2.45) is 0 Å². The standard InChI is InChI=1S/C14H10F2N4O2S2/c1-7-2-11(20-22-7)12(21)17-13-18-19-14(24-13)23-6-8-3-9(15)5-10(16)4-8/h2-5H,6H2,1H3,(H,17,18,21). The molecule has 1 N–H and O–H groups in total. The van der Waals surface area contributed by atoms with Gasteiger partial charge in [-0.05, 0) is 24.6 Å². The summed E-state index contributed by atoms with van der Waals surface area (Å²) in [6.07, 6.45) is 0. The lowest BCUT2D eigenvalue weighted by molar-refractivity contribution is 0.101. The summed E-state index contributed by atoms with van der Waals surface area (Å²) in [5.74, 6) is -0.847. The molecule has 0 radical (unpaired) electrons. The van der Waals surface area contributed by atoms with E-state index in [4.69, 9.17) is 4.52 Å². The first-order valence-corrected chi connectivity index (χ1v) is 8.46. The Morgan fingerprint density at radius 3 is 2.67 bits per heavy atom. The lowest BCUT2D eigenvalue weighted by Crippen LogP contribution is -2.11. The van der Waals surface area contributed by atoms with E-state index < -0.39 is 17.5 Å². The van der Waals surface area contributed by atoms with Crippen LogP contribution >= 0.6 is 23.1 Å². The first-order chi connectivity index (χ1) is 11.5. The van der Waals surface area contributed by atoms with E-state index >= 15 is 0 Å². The number of aromatic nitrogens is 3. The van der Waals surface area contributed by atoms with Gasteiger partial charge in [-0.15, -0.1) is 10.2 Å². The molecule has 1 aromatic carbocycles. The van der Waals surface area contributed by atoms with Gasteiger partial charge in [0.2, 0.25) is 5.13 Å². The van der Waals surface area contributed by atoms with Crippen molar-refractivity contribution in [1.82, 2.24) is 15.4 Å². The highest BCUT2D eigenvalue weighted by molar-refractivity contribution is 8.00. The Hall–Kier alpha value is -2.33. The zero-order valence-corrected chi connectivity index (χ0v) is 13.9. The number of nitrogens with zero attached hydrogens (tertiary/aromatic N) is 3. The lowest BCUT2D eigenvalue weighted by atomic mass is 10.2. The van der Waals surface area contributed by atoms with E-state index in [0.29, 0.717) is 26.5 Å². The molecule has 24 heavy (non-hydrogen) atoms. The maximum absolute atomic E-state index is 13.1. The molecule has 0 bridgehead atoms. The molecule has 0 atom stereocenters. The number of rotatable bonds is 5. The van der Waals surface area contributed by atoms with Crippen molar-refractivity contribution in [2.75, 3.05) is 5.32 Å². The molecular formula is C14H10F2N4O2S2. The van der Waals surface area contributed by atoms with Crippen LogP contribution in [0.15, 0.2) is 33.1 Å². The largest absolute Gasteiger partial charge is 0.361 e. The molecular weight excluding hydrogens is 358 g/mol. The van der Waals surface area contributed by atoms with Crippen LogP contribution in [-0.2, 0) is 5.75 Å². The van der Waals surface area contributed by atoms with Crippen LogP contribution in [0.25, 0.3) is 0 Å². The van der Waals surface area contributed by atoms with Crippen LogP contribution < -0.4 is 5.32 Å². The van der Waals surface area contributed by atoms with Crippen LogP contribution in [0.5, 0.6) is 0 Å². The van der Waals surface area contributed by atoms with Crippen LogP contribution in [0.2, 0.25) is 0 Å². The van der Waals surface area contributed by atoms with Gasteiger partial charge in [0, 0.05) is 17.9 Å². The normalized spacial score (nSPS) is 10.8. The van der Waals surface area contributed by atoms with Crippen molar-refractivity contribution in [3.05, 3.63) is 52.9 Å². The van der Waals surface area contributed by atoms with Crippen molar-refractivity contribution in [3.63, 3.8) is 0 Å². The van der Waals surface area contributed by atoms with E-state index in [0.717, 1.165) is 17.4 Å². The molecule has 2 heterocycles. The molecule has 3 rings (SSSR count). The molecule has 1 amide bonds. The molecule has 124 valence electrons. The number of thioether (sulfide) groups is 1. The summed E-state index contributed by atoms with van der Waals surface area (Å²) < 4.78 is 31.6. The summed E-state index contributed by atoms with van der Waals surface area (Å²) in [7, 11) is 0. The fourth-order valence-electron chi connectivity index (χ4n) is 1.79. The Kier molecular flexibility index (Phi) is 4.86. The Morgan fingerprint density at radius 1 is 1.25 bits per heavy atom. The van der Waals surface area contributed by atoms with Gasteiger partial charge in [0.1, 0.15) is 17.4 Å². The number of hydrogen-bond acceptors (Lipinski definition) is 7. The van der Waals surface area contributed by atoms with Gasteiger partial charge in [-0.2, -0.15) is 0 Å². The van der Waals surface area contributed by atoms with Crippen LogP contribution in [0.4, 0.5) is 13.9 Å². The number of hydrogen-bond donors (Lipinski definition) is 1. The first-order valence-electron chi connectivity index (χ1n) is 6.65. The summed E-state index contributed by atoms with van der Waals surface area (Å²) in [6, 6.07) is 4.84. The number of aryl methyl sites for hydroxylation is 1. The monoisotopic (exact) mass is 368 g/mol. The van der Waals surface area contributed by atoms with E-state index in [1.54, 1.807) is 6.92 Å². The zero-order chi connectivity index (χ0) is 17.1. The molecule has 0 saturated carbocycles. The number of amides is 1. The molecule has 0 aliphatic rings. The highest BCUT2D eigenvalue weighted by atomic mass is 32.2. The predicted molar refractivity (Wildman–Crippen MR) is 85.0 cm³/mol. The Balaban J connectivity index is 1.60. The Morgan fingerprint density at radius 2 is 2.00 bits per heavy atom. The third-order valence-corrected chi connectivity index (χ3v) is 4.82. The fraction of sp³-hybridized carbons (Fsp3) is 0.143. The molecule has 6 nitrogen and oxygen atoms in total. The van der Waals surface area contributed by atoms with E-state index in [2.05, 4.69) is 20.7 Å². The highest BCUT2D eigenvalue weighted by Gasteiger charge is 2.14. The number of carbonyl (C=O) groups excluding carboxylic acids is 1. The fourth-order valence-corrected chi connectivity index (χ4v) is 3.47. The minimum Gasteiger partial charge on any atom is -0.361 e. The lowest BCUT2D eigenvalue weighted by Gasteiger charge is -1.99. The molecule has 0 unspecified atom stereocenters. The summed E-state index contributed by atoms with van der Waals surface area (Å²) in [4.78, 5) is 11.9. The molecule has 3 aromatic rings. The van der Waals surface area contributed by atoms with Gasteiger partial charge in [0.05, 0.1) is 0 Å². The molecule has 0 fully saturated rings.